The van der Waals surface area contributed by atoms with Gasteiger partial charge in [0.15, 0.2) is 5.78 Å². The van der Waals surface area contributed by atoms with Crippen LogP contribution in [-0.4, -0.2) is 38.9 Å². The van der Waals surface area contributed by atoms with Crippen LogP contribution >= 0.6 is 12.8 Å². The molecule has 1 aromatic heterocycles. The molecule has 0 amide bonds. The molecular weight excluding hydrogens is 405 g/mol. The molecule has 2 heterocycles. The third-order valence-electron chi connectivity index (χ3n) is 5.75. The first-order chi connectivity index (χ1) is 14.5. The highest BCUT2D eigenvalue weighted by Gasteiger charge is 2.26. The molecule has 3 aromatic rings. The number of fused-ring (bicyclic) bond motifs is 1. The highest BCUT2D eigenvalue weighted by molar-refractivity contribution is 7.78. The van der Waals surface area contributed by atoms with Crippen LogP contribution in [0.15, 0.2) is 58.1 Å². The van der Waals surface area contributed by atoms with Crippen molar-refractivity contribution in [3.05, 3.63) is 80.7 Å². The predicted octanol–water partition coefficient (Wildman–Crippen LogP) is 2.59. The molecule has 0 spiro atoms. The molecule has 0 aliphatic carbocycles. The summed E-state index contributed by atoms with van der Waals surface area (Å²) in [6.07, 6.45) is 1.39. The van der Waals surface area contributed by atoms with Crippen LogP contribution in [0.2, 0.25) is 0 Å². The lowest BCUT2D eigenvalue weighted by molar-refractivity contribution is 0.0837. The number of likely N-dealkylation sites (tertiary alicyclic amines) is 1. The highest BCUT2D eigenvalue weighted by atomic mass is 32.1. The summed E-state index contributed by atoms with van der Waals surface area (Å²) in [4.78, 5) is 40.0. The third kappa shape index (κ3) is 3.97. The molecule has 0 N–H and O–H groups in total. The second-order valence-corrected chi connectivity index (χ2v) is 7.96. The van der Waals surface area contributed by atoms with E-state index in [0.717, 1.165) is 0 Å². The second kappa shape index (κ2) is 8.57. The second-order valence-electron chi connectivity index (χ2n) is 7.56. The van der Waals surface area contributed by atoms with Crippen LogP contribution in [0, 0.1) is 11.7 Å². The number of para-hydroxylation sites is 1. The molecule has 30 heavy (non-hydrogen) atoms. The summed E-state index contributed by atoms with van der Waals surface area (Å²) in [6, 6.07) is 12.6. The first-order valence-electron chi connectivity index (χ1n) is 9.91. The molecule has 1 aliphatic heterocycles. The van der Waals surface area contributed by atoms with Crippen molar-refractivity contribution in [1.82, 2.24) is 13.4 Å². The lowest BCUT2D eigenvalue weighted by Crippen LogP contribution is -2.43. The Morgan fingerprint density at radius 1 is 1.00 bits per heavy atom. The summed E-state index contributed by atoms with van der Waals surface area (Å²) >= 11 is 4.25. The largest absolute Gasteiger partial charge is 0.341 e. The first kappa shape index (κ1) is 20.6. The number of hydrogen-bond donors (Lipinski definition) is 1. The summed E-state index contributed by atoms with van der Waals surface area (Å²) in [5.41, 5.74) is 0.254. The van der Waals surface area contributed by atoms with E-state index in [0.29, 0.717) is 48.9 Å². The minimum atomic E-state index is -0.455. The SMILES string of the molecule is O=C(c1ccc(F)cc1)C1CCN(CCn2c(=O)c3ccccc3n(S)c2=O)CC1. The third-order valence-corrected chi connectivity index (χ3v) is 6.13. The van der Waals surface area contributed by atoms with Crippen molar-refractivity contribution >= 4 is 29.5 Å². The molecule has 0 unspecified atom stereocenters. The Morgan fingerprint density at radius 2 is 1.67 bits per heavy atom. The Morgan fingerprint density at radius 3 is 2.37 bits per heavy atom. The Balaban J connectivity index is 1.41. The Labute approximate surface area is 178 Å². The maximum Gasteiger partial charge on any atom is 0.341 e. The van der Waals surface area contributed by atoms with Crippen LogP contribution in [0.1, 0.15) is 23.2 Å². The summed E-state index contributed by atoms with van der Waals surface area (Å²) in [6.45, 7) is 2.21. The zero-order valence-corrected chi connectivity index (χ0v) is 17.2. The maximum absolute atomic E-state index is 13.1. The Kier molecular flexibility index (Phi) is 5.87. The minimum absolute atomic E-state index is 0.0401. The van der Waals surface area contributed by atoms with Gasteiger partial charge in [0, 0.05) is 24.6 Å². The van der Waals surface area contributed by atoms with Gasteiger partial charge in [-0.1, -0.05) is 24.9 Å². The number of thiol groups is 1. The molecule has 1 aliphatic rings. The van der Waals surface area contributed by atoms with Crippen molar-refractivity contribution in [3.8, 4) is 0 Å². The van der Waals surface area contributed by atoms with Gasteiger partial charge in [-0.05, 0) is 62.3 Å². The number of halogens is 1. The predicted molar refractivity (Wildman–Crippen MR) is 117 cm³/mol. The molecular formula is C22H22FN3O3S. The summed E-state index contributed by atoms with van der Waals surface area (Å²) in [7, 11) is 0. The molecule has 4 rings (SSSR count). The van der Waals surface area contributed by atoms with Gasteiger partial charge in [-0.25, -0.2) is 13.2 Å². The van der Waals surface area contributed by atoms with Gasteiger partial charge in [0.2, 0.25) is 0 Å². The molecule has 0 bridgehead atoms. The number of rotatable bonds is 5. The number of Topliss-reactive ketones (excluding diaryl/α,β-unsaturated/α-hetero) is 1. The van der Waals surface area contributed by atoms with E-state index in [1.165, 1.54) is 32.8 Å². The topological polar surface area (TPSA) is 64.3 Å². The van der Waals surface area contributed by atoms with E-state index in [9.17, 15) is 18.8 Å². The van der Waals surface area contributed by atoms with Gasteiger partial charge in [-0.3, -0.25) is 14.2 Å². The number of benzene rings is 2. The standard InChI is InChI=1S/C22H22FN3O3S/c23-17-7-5-15(6-8-17)20(27)16-9-11-24(12-10-16)13-14-25-21(28)18-3-1-2-4-19(18)26(30)22(25)29/h1-8,16,30H,9-14H2. The molecule has 0 saturated carbocycles. The van der Waals surface area contributed by atoms with Crippen LogP contribution in [0.4, 0.5) is 4.39 Å². The van der Waals surface area contributed by atoms with E-state index in [-0.39, 0.29) is 29.6 Å². The first-order valence-corrected chi connectivity index (χ1v) is 10.3. The molecule has 6 nitrogen and oxygen atoms in total. The number of carbonyl (C=O) groups is 1. The number of carbonyl (C=O) groups excluding carboxylic acids is 1. The maximum atomic E-state index is 13.1. The van der Waals surface area contributed by atoms with Gasteiger partial charge in [-0.2, -0.15) is 0 Å². The smallest absolute Gasteiger partial charge is 0.302 e. The molecule has 1 saturated heterocycles. The lowest BCUT2D eigenvalue weighted by atomic mass is 9.89. The molecule has 2 aromatic carbocycles. The van der Waals surface area contributed by atoms with E-state index in [1.54, 1.807) is 24.3 Å². The zero-order chi connectivity index (χ0) is 21.3. The fourth-order valence-corrected chi connectivity index (χ4v) is 4.28. The summed E-state index contributed by atoms with van der Waals surface area (Å²) < 4.78 is 15.5. The highest BCUT2D eigenvalue weighted by Crippen LogP contribution is 2.22. The van der Waals surface area contributed by atoms with Gasteiger partial charge in [0.1, 0.15) is 5.82 Å². The monoisotopic (exact) mass is 427 g/mol. The van der Waals surface area contributed by atoms with E-state index in [2.05, 4.69) is 17.7 Å². The lowest BCUT2D eigenvalue weighted by Gasteiger charge is -2.31. The molecule has 156 valence electrons. The Hall–Kier alpha value is -2.71. The van der Waals surface area contributed by atoms with Crippen molar-refractivity contribution < 1.29 is 9.18 Å². The van der Waals surface area contributed by atoms with Crippen LogP contribution in [-0.2, 0) is 6.54 Å². The van der Waals surface area contributed by atoms with E-state index in [4.69, 9.17) is 0 Å². The summed E-state index contributed by atoms with van der Waals surface area (Å²) in [5.74, 6) is -0.409. The average Bonchev–Trinajstić information content (AvgIpc) is 2.78. The van der Waals surface area contributed by atoms with Crippen molar-refractivity contribution in [2.24, 2.45) is 5.92 Å². The molecule has 0 radical (unpaired) electrons. The normalized spacial score (nSPS) is 15.5. The molecule has 0 atom stereocenters. The quantitative estimate of drug-likeness (QED) is 0.502. The number of nitrogens with zero attached hydrogens (tertiary/aromatic N) is 3. The van der Waals surface area contributed by atoms with Crippen molar-refractivity contribution in [2.45, 2.75) is 19.4 Å². The van der Waals surface area contributed by atoms with Gasteiger partial charge >= 0.3 is 5.69 Å². The number of ketones is 1. The van der Waals surface area contributed by atoms with Gasteiger partial charge in [-0.15, -0.1) is 0 Å². The van der Waals surface area contributed by atoms with Crippen LogP contribution in [0.5, 0.6) is 0 Å². The number of piperidine rings is 1. The number of aromatic nitrogens is 2. The van der Waals surface area contributed by atoms with Gasteiger partial charge in [0.25, 0.3) is 5.56 Å². The fourth-order valence-electron chi connectivity index (χ4n) is 4.00. The van der Waals surface area contributed by atoms with Gasteiger partial charge in [0.05, 0.1) is 10.9 Å². The fraction of sp³-hybridized carbons (Fsp3) is 0.318. The number of hydrogen-bond acceptors (Lipinski definition) is 5. The van der Waals surface area contributed by atoms with Crippen LogP contribution < -0.4 is 11.2 Å². The zero-order valence-electron chi connectivity index (χ0n) is 16.3. The van der Waals surface area contributed by atoms with Gasteiger partial charge < -0.3 is 4.90 Å². The van der Waals surface area contributed by atoms with E-state index < -0.39 is 5.69 Å². The van der Waals surface area contributed by atoms with Crippen molar-refractivity contribution in [2.75, 3.05) is 19.6 Å². The molecule has 8 heteroatoms. The molecule has 1 fully saturated rings. The van der Waals surface area contributed by atoms with Crippen molar-refractivity contribution in [1.29, 1.82) is 0 Å². The average molecular weight is 428 g/mol. The van der Waals surface area contributed by atoms with Crippen molar-refractivity contribution in [3.63, 3.8) is 0 Å². The summed E-state index contributed by atoms with van der Waals surface area (Å²) in [5, 5.41) is 0.454. The van der Waals surface area contributed by atoms with E-state index in [1.807, 2.05) is 0 Å². The Bertz CT molecular complexity index is 1190. The van der Waals surface area contributed by atoms with Crippen LogP contribution in [0.25, 0.3) is 10.9 Å². The minimum Gasteiger partial charge on any atom is -0.302 e. The van der Waals surface area contributed by atoms with E-state index >= 15 is 0 Å². The van der Waals surface area contributed by atoms with Crippen LogP contribution in [0.3, 0.4) is 0 Å².